The molecule has 150 valence electrons. The number of methoxy groups -OCH3 is 1. The summed E-state index contributed by atoms with van der Waals surface area (Å²) in [6, 6.07) is 4.98. The number of morpholine rings is 1. The van der Waals surface area contributed by atoms with Crippen LogP contribution in [-0.2, 0) is 26.0 Å². The van der Waals surface area contributed by atoms with Gasteiger partial charge in [-0.2, -0.15) is 4.31 Å². The first-order valence-corrected chi connectivity index (χ1v) is 10.7. The molecule has 2 aliphatic heterocycles. The van der Waals surface area contributed by atoms with Crippen molar-refractivity contribution in [1.82, 2.24) is 9.21 Å². The van der Waals surface area contributed by atoms with Gasteiger partial charge in [0.05, 0.1) is 26.7 Å². The van der Waals surface area contributed by atoms with Crippen molar-refractivity contribution in [1.29, 1.82) is 0 Å². The maximum atomic E-state index is 13.0. The van der Waals surface area contributed by atoms with E-state index in [1.165, 1.54) is 11.4 Å². The van der Waals surface area contributed by atoms with Crippen LogP contribution in [0.5, 0.6) is 5.75 Å². The van der Waals surface area contributed by atoms with Crippen molar-refractivity contribution in [2.75, 3.05) is 46.5 Å². The summed E-state index contributed by atoms with van der Waals surface area (Å²) in [6.45, 7) is 2.51. The summed E-state index contributed by atoms with van der Waals surface area (Å²) in [6.07, 6.45) is 2.01. The number of sulfonamides is 1. The Morgan fingerprint density at radius 1 is 1.30 bits per heavy atom. The maximum Gasteiger partial charge on any atom is 0.246 e. The van der Waals surface area contributed by atoms with Crippen LogP contribution in [0.15, 0.2) is 23.1 Å². The summed E-state index contributed by atoms with van der Waals surface area (Å²) in [5, 5.41) is 0. The lowest BCUT2D eigenvalue weighted by Crippen LogP contribution is -2.41. The molecule has 0 radical (unpaired) electrons. The molecule has 1 aromatic rings. The average Bonchev–Trinajstić information content (AvgIpc) is 3.17. The molecule has 2 N–H and O–H groups in total. The van der Waals surface area contributed by atoms with Crippen LogP contribution in [0.2, 0.25) is 0 Å². The second-order valence-corrected chi connectivity index (χ2v) is 8.70. The summed E-state index contributed by atoms with van der Waals surface area (Å²) in [7, 11) is -2.28. The molecule has 2 saturated heterocycles. The fourth-order valence-corrected chi connectivity index (χ4v) is 5.26. The van der Waals surface area contributed by atoms with Gasteiger partial charge in [0.25, 0.3) is 0 Å². The topological polar surface area (TPSA) is 102 Å². The fraction of sp³-hybridized carbons (Fsp3) is 0.611. The van der Waals surface area contributed by atoms with E-state index in [4.69, 9.17) is 15.2 Å². The molecule has 0 spiro atoms. The van der Waals surface area contributed by atoms with E-state index in [9.17, 15) is 13.2 Å². The van der Waals surface area contributed by atoms with Crippen molar-refractivity contribution in [3.8, 4) is 5.75 Å². The number of carbonyl (C=O) groups is 1. The van der Waals surface area contributed by atoms with E-state index >= 15 is 0 Å². The Morgan fingerprint density at radius 3 is 2.70 bits per heavy atom. The molecule has 0 aromatic heterocycles. The van der Waals surface area contributed by atoms with E-state index in [0.29, 0.717) is 45.0 Å². The minimum absolute atomic E-state index is 0.0252. The Labute approximate surface area is 160 Å². The Balaban J connectivity index is 1.84. The van der Waals surface area contributed by atoms with Crippen molar-refractivity contribution >= 4 is 15.9 Å². The molecular formula is C18H27N3O5S. The van der Waals surface area contributed by atoms with Crippen LogP contribution < -0.4 is 10.5 Å². The van der Waals surface area contributed by atoms with Gasteiger partial charge in [-0.3, -0.25) is 4.79 Å². The van der Waals surface area contributed by atoms with Gasteiger partial charge in [0.15, 0.2) is 0 Å². The number of hydrogen-bond donors (Lipinski definition) is 1. The lowest BCUT2D eigenvalue weighted by Gasteiger charge is -2.27. The number of carbonyl (C=O) groups excluding carboxylic acids is 1. The number of rotatable bonds is 6. The highest BCUT2D eigenvalue weighted by molar-refractivity contribution is 7.89. The summed E-state index contributed by atoms with van der Waals surface area (Å²) in [5.74, 6) is 0.251. The van der Waals surface area contributed by atoms with Crippen molar-refractivity contribution in [3.05, 3.63) is 23.8 Å². The molecule has 1 aromatic carbocycles. The second-order valence-electron chi connectivity index (χ2n) is 6.80. The molecule has 9 heteroatoms. The molecule has 3 rings (SSSR count). The van der Waals surface area contributed by atoms with Crippen molar-refractivity contribution in [2.45, 2.75) is 30.2 Å². The zero-order chi connectivity index (χ0) is 19.4. The SMILES string of the molecule is COc1ccc(CC(=O)N2CCCC2CN)cc1S(=O)(=O)N1CCOCC1. The molecule has 0 saturated carbocycles. The Bertz CT molecular complexity index is 777. The van der Waals surface area contributed by atoms with Crippen LogP contribution in [0.3, 0.4) is 0 Å². The van der Waals surface area contributed by atoms with Crippen LogP contribution in [-0.4, -0.2) is 76.1 Å². The summed E-state index contributed by atoms with van der Waals surface area (Å²) in [5.41, 5.74) is 6.40. The number of amides is 1. The lowest BCUT2D eigenvalue weighted by molar-refractivity contribution is -0.131. The normalized spacial score (nSPS) is 21.4. The smallest absolute Gasteiger partial charge is 0.246 e. The zero-order valence-electron chi connectivity index (χ0n) is 15.6. The van der Waals surface area contributed by atoms with Gasteiger partial charge < -0.3 is 20.1 Å². The third kappa shape index (κ3) is 4.26. The maximum absolute atomic E-state index is 13.0. The van der Waals surface area contributed by atoms with E-state index in [2.05, 4.69) is 0 Å². The molecule has 2 heterocycles. The second kappa shape index (κ2) is 8.55. The molecule has 2 fully saturated rings. The number of benzene rings is 1. The van der Waals surface area contributed by atoms with Crippen LogP contribution in [0.4, 0.5) is 0 Å². The van der Waals surface area contributed by atoms with E-state index in [1.807, 2.05) is 0 Å². The third-order valence-corrected chi connectivity index (χ3v) is 7.06. The summed E-state index contributed by atoms with van der Waals surface area (Å²) in [4.78, 5) is 14.6. The van der Waals surface area contributed by atoms with Gasteiger partial charge in [-0.05, 0) is 30.5 Å². The minimum atomic E-state index is -3.71. The number of likely N-dealkylation sites (tertiary alicyclic amines) is 1. The van der Waals surface area contributed by atoms with E-state index < -0.39 is 10.0 Å². The molecule has 0 bridgehead atoms. The standard InChI is InChI=1S/C18H27N3O5S/c1-25-16-5-4-14(12-18(22)21-6-2-3-15(21)13-19)11-17(16)27(23,24)20-7-9-26-10-8-20/h4-5,11,15H,2-3,6-10,12-13,19H2,1H3. The number of nitrogens with two attached hydrogens (primary N) is 1. The molecule has 1 atom stereocenters. The quantitative estimate of drug-likeness (QED) is 0.736. The molecule has 27 heavy (non-hydrogen) atoms. The van der Waals surface area contributed by atoms with Gasteiger partial charge in [-0.15, -0.1) is 0 Å². The largest absolute Gasteiger partial charge is 0.495 e. The van der Waals surface area contributed by atoms with Crippen LogP contribution >= 0.6 is 0 Å². The zero-order valence-corrected chi connectivity index (χ0v) is 16.4. The molecule has 1 unspecified atom stereocenters. The van der Waals surface area contributed by atoms with Gasteiger partial charge in [-0.1, -0.05) is 6.07 Å². The first kappa shape index (κ1) is 20.1. The Kier molecular flexibility index (Phi) is 6.36. The summed E-state index contributed by atoms with van der Waals surface area (Å²) < 4.78 is 38.0. The first-order chi connectivity index (χ1) is 13.0. The van der Waals surface area contributed by atoms with E-state index in [0.717, 1.165) is 12.8 Å². The number of hydrogen-bond acceptors (Lipinski definition) is 6. The van der Waals surface area contributed by atoms with Crippen molar-refractivity contribution in [3.63, 3.8) is 0 Å². The lowest BCUT2D eigenvalue weighted by atomic mass is 10.1. The van der Waals surface area contributed by atoms with Crippen LogP contribution in [0.25, 0.3) is 0 Å². The molecule has 8 nitrogen and oxygen atoms in total. The Morgan fingerprint density at radius 2 is 2.04 bits per heavy atom. The minimum Gasteiger partial charge on any atom is -0.495 e. The van der Waals surface area contributed by atoms with E-state index in [-0.39, 0.29) is 29.0 Å². The van der Waals surface area contributed by atoms with Crippen molar-refractivity contribution < 1.29 is 22.7 Å². The highest BCUT2D eigenvalue weighted by Crippen LogP contribution is 2.29. The van der Waals surface area contributed by atoms with Crippen LogP contribution in [0.1, 0.15) is 18.4 Å². The predicted molar refractivity (Wildman–Crippen MR) is 100 cm³/mol. The van der Waals surface area contributed by atoms with Crippen LogP contribution in [0, 0.1) is 0 Å². The van der Waals surface area contributed by atoms with Gasteiger partial charge >= 0.3 is 0 Å². The fourth-order valence-electron chi connectivity index (χ4n) is 3.64. The van der Waals surface area contributed by atoms with Gasteiger partial charge in [-0.25, -0.2) is 8.42 Å². The van der Waals surface area contributed by atoms with Gasteiger partial charge in [0.1, 0.15) is 10.6 Å². The highest BCUT2D eigenvalue weighted by Gasteiger charge is 2.31. The first-order valence-electron chi connectivity index (χ1n) is 9.21. The number of ether oxygens (including phenoxy) is 2. The van der Waals surface area contributed by atoms with E-state index in [1.54, 1.807) is 23.1 Å². The predicted octanol–water partition coefficient (Wildman–Crippen LogP) is 0.208. The highest BCUT2D eigenvalue weighted by atomic mass is 32.2. The molecular weight excluding hydrogens is 370 g/mol. The average molecular weight is 397 g/mol. The Hall–Kier alpha value is -1.68. The number of nitrogens with zero attached hydrogens (tertiary/aromatic N) is 2. The summed E-state index contributed by atoms with van der Waals surface area (Å²) >= 11 is 0. The van der Waals surface area contributed by atoms with Gasteiger partial charge in [0, 0.05) is 32.2 Å². The molecule has 0 aliphatic carbocycles. The third-order valence-electron chi connectivity index (χ3n) is 5.14. The monoisotopic (exact) mass is 397 g/mol. The van der Waals surface area contributed by atoms with Crippen molar-refractivity contribution in [2.24, 2.45) is 5.73 Å². The molecule has 2 aliphatic rings. The van der Waals surface area contributed by atoms with Gasteiger partial charge in [0.2, 0.25) is 15.9 Å². The molecule has 1 amide bonds.